The Kier molecular flexibility index (Phi) is 5.51. The first kappa shape index (κ1) is 16.5. The molecule has 114 valence electrons. The van der Waals surface area contributed by atoms with Crippen LogP contribution in [0.3, 0.4) is 0 Å². The normalized spacial score (nSPS) is 11.7. The molecule has 2 aromatic rings. The molecule has 0 aliphatic heterocycles. The van der Waals surface area contributed by atoms with Crippen molar-refractivity contribution in [2.45, 2.75) is 12.5 Å². The lowest BCUT2D eigenvalue weighted by molar-refractivity contribution is -0.139. The fourth-order valence-corrected chi connectivity index (χ4v) is 2.47. The zero-order valence-corrected chi connectivity index (χ0v) is 13.6. The number of nitrogens with zero attached hydrogens (tertiary/aromatic N) is 1. The van der Waals surface area contributed by atoms with E-state index in [9.17, 15) is 14.7 Å². The third kappa shape index (κ3) is 4.29. The van der Waals surface area contributed by atoms with E-state index in [-0.39, 0.29) is 6.42 Å². The van der Waals surface area contributed by atoms with Crippen molar-refractivity contribution in [3.05, 3.63) is 63.3 Å². The SMILES string of the molecule is O=C(N[C@H](Cc1cc(Cl)ccc1Br)C(=O)O)c1ccncc1. The van der Waals surface area contributed by atoms with E-state index in [4.69, 9.17) is 11.6 Å². The lowest BCUT2D eigenvalue weighted by Gasteiger charge is -2.15. The van der Waals surface area contributed by atoms with Gasteiger partial charge < -0.3 is 10.4 Å². The van der Waals surface area contributed by atoms with Crippen LogP contribution in [0.5, 0.6) is 0 Å². The maximum Gasteiger partial charge on any atom is 0.326 e. The summed E-state index contributed by atoms with van der Waals surface area (Å²) in [5, 5.41) is 12.3. The number of hydrogen-bond donors (Lipinski definition) is 2. The second-order valence-corrected chi connectivity index (χ2v) is 5.83. The lowest BCUT2D eigenvalue weighted by Crippen LogP contribution is -2.42. The molecule has 0 saturated carbocycles. The topological polar surface area (TPSA) is 79.3 Å². The first-order valence-electron chi connectivity index (χ1n) is 6.35. The first-order valence-corrected chi connectivity index (χ1v) is 7.52. The van der Waals surface area contributed by atoms with Crippen molar-refractivity contribution in [3.8, 4) is 0 Å². The minimum Gasteiger partial charge on any atom is -0.480 e. The molecule has 2 N–H and O–H groups in total. The Labute approximate surface area is 140 Å². The number of aromatic nitrogens is 1. The van der Waals surface area contributed by atoms with Gasteiger partial charge in [0.25, 0.3) is 5.91 Å². The van der Waals surface area contributed by atoms with E-state index in [1.807, 2.05) is 0 Å². The number of carbonyl (C=O) groups is 2. The van der Waals surface area contributed by atoms with Crippen molar-refractivity contribution in [2.75, 3.05) is 0 Å². The summed E-state index contributed by atoms with van der Waals surface area (Å²) in [6.45, 7) is 0. The molecule has 1 atom stereocenters. The summed E-state index contributed by atoms with van der Waals surface area (Å²) in [6, 6.07) is 7.07. The van der Waals surface area contributed by atoms with Crippen molar-refractivity contribution in [2.24, 2.45) is 0 Å². The highest BCUT2D eigenvalue weighted by Crippen LogP contribution is 2.22. The number of carboxylic acids is 1. The van der Waals surface area contributed by atoms with Crippen LogP contribution in [0.2, 0.25) is 5.02 Å². The van der Waals surface area contributed by atoms with Gasteiger partial charge in [0.1, 0.15) is 6.04 Å². The minimum absolute atomic E-state index is 0.118. The molecule has 0 saturated heterocycles. The van der Waals surface area contributed by atoms with Gasteiger partial charge in [0.2, 0.25) is 0 Å². The summed E-state index contributed by atoms with van der Waals surface area (Å²) in [4.78, 5) is 27.3. The standard InChI is InChI=1S/C15H12BrClN2O3/c16-12-2-1-11(17)7-10(12)8-13(15(21)22)19-14(20)9-3-5-18-6-4-9/h1-7,13H,8H2,(H,19,20)(H,21,22)/t13-/m1/s1. The zero-order chi connectivity index (χ0) is 16.1. The van der Waals surface area contributed by atoms with E-state index in [1.54, 1.807) is 18.2 Å². The van der Waals surface area contributed by atoms with E-state index < -0.39 is 17.9 Å². The Morgan fingerprint density at radius 3 is 2.59 bits per heavy atom. The molecule has 0 aliphatic carbocycles. The Bertz CT molecular complexity index is 694. The van der Waals surface area contributed by atoms with Crippen LogP contribution in [0.25, 0.3) is 0 Å². The van der Waals surface area contributed by atoms with Crippen molar-refractivity contribution >= 4 is 39.4 Å². The summed E-state index contributed by atoms with van der Waals surface area (Å²) in [7, 11) is 0. The Hall–Kier alpha value is -1.92. The largest absolute Gasteiger partial charge is 0.480 e. The molecule has 1 heterocycles. The van der Waals surface area contributed by atoms with Gasteiger partial charge in [-0.3, -0.25) is 9.78 Å². The predicted octanol–water partition coefficient (Wildman–Crippen LogP) is 2.92. The molecule has 2 rings (SSSR count). The van der Waals surface area contributed by atoms with Crippen LogP contribution < -0.4 is 5.32 Å². The molecule has 1 aromatic carbocycles. The van der Waals surface area contributed by atoms with Crippen LogP contribution in [0.15, 0.2) is 47.2 Å². The summed E-state index contributed by atoms with van der Waals surface area (Å²) in [6.07, 6.45) is 3.06. The fourth-order valence-electron chi connectivity index (χ4n) is 1.86. The van der Waals surface area contributed by atoms with Crippen LogP contribution >= 0.6 is 27.5 Å². The Morgan fingerprint density at radius 2 is 1.95 bits per heavy atom. The van der Waals surface area contributed by atoms with E-state index in [1.165, 1.54) is 24.5 Å². The molecule has 0 fully saturated rings. The monoisotopic (exact) mass is 382 g/mol. The van der Waals surface area contributed by atoms with E-state index in [2.05, 4.69) is 26.2 Å². The summed E-state index contributed by atoms with van der Waals surface area (Å²) in [5.41, 5.74) is 1.06. The number of pyridine rings is 1. The van der Waals surface area contributed by atoms with E-state index in [0.717, 1.165) is 4.47 Å². The van der Waals surface area contributed by atoms with Gasteiger partial charge >= 0.3 is 5.97 Å². The van der Waals surface area contributed by atoms with Gasteiger partial charge in [-0.15, -0.1) is 0 Å². The number of carboxylic acid groups (broad SMARTS) is 1. The van der Waals surface area contributed by atoms with E-state index in [0.29, 0.717) is 16.1 Å². The molecule has 1 amide bonds. The quantitative estimate of drug-likeness (QED) is 0.832. The molecule has 0 bridgehead atoms. The number of carbonyl (C=O) groups excluding carboxylic acids is 1. The molecule has 22 heavy (non-hydrogen) atoms. The molecule has 0 radical (unpaired) electrons. The van der Waals surface area contributed by atoms with Crippen molar-refractivity contribution in [1.29, 1.82) is 0 Å². The smallest absolute Gasteiger partial charge is 0.326 e. The predicted molar refractivity (Wildman–Crippen MR) is 86.0 cm³/mol. The average molecular weight is 384 g/mol. The maximum atomic E-state index is 12.1. The number of amides is 1. The second kappa shape index (κ2) is 7.38. The first-order chi connectivity index (χ1) is 10.5. The van der Waals surface area contributed by atoms with Crippen LogP contribution in [0.1, 0.15) is 15.9 Å². The third-order valence-electron chi connectivity index (χ3n) is 2.98. The Balaban J connectivity index is 2.15. The van der Waals surface area contributed by atoms with Gasteiger partial charge in [-0.2, -0.15) is 0 Å². The third-order valence-corrected chi connectivity index (χ3v) is 3.99. The number of nitrogens with one attached hydrogen (secondary N) is 1. The fraction of sp³-hybridized carbons (Fsp3) is 0.133. The number of benzene rings is 1. The van der Waals surface area contributed by atoms with Crippen LogP contribution in [-0.4, -0.2) is 28.0 Å². The van der Waals surface area contributed by atoms with Crippen LogP contribution in [0.4, 0.5) is 0 Å². The molecular formula is C15H12BrClN2O3. The molecule has 5 nitrogen and oxygen atoms in total. The summed E-state index contributed by atoms with van der Waals surface area (Å²) >= 11 is 9.27. The molecule has 1 aromatic heterocycles. The zero-order valence-electron chi connectivity index (χ0n) is 11.3. The summed E-state index contributed by atoms with van der Waals surface area (Å²) < 4.78 is 0.737. The van der Waals surface area contributed by atoms with Gasteiger partial charge in [0, 0.05) is 33.9 Å². The lowest BCUT2D eigenvalue weighted by atomic mass is 10.1. The highest BCUT2D eigenvalue weighted by atomic mass is 79.9. The number of aliphatic carboxylic acids is 1. The highest BCUT2D eigenvalue weighted by molar-refractivity contribution is 9.10. The van der Waals surface area contributed by atoms with Crippen molar-refractivity contribution in [1.82, 2.24) is 10.3 Å². The van der Waals surface area contributed by atoms with Gasteiger partial charge in [0.05, 0.1) is 0 Å². The van der Waals surface area contributed by atoms with Gasteiger partial charge in [-0.05, 0) is 35.9 Å². The van der Waals surface area contributed by atoms with Gasteiger partial charge in [0.15, 0.2) is 0 Å². The molecule has 0 aliphatic rings. The molecule has 0 spiro atoms. The number of rotatable bonds is 5. The second-order valence-electron chi connectivity index (χ2n) is 4.54. The summed E-state index contributed by atoms with van der Waals surface area (Å²) in [5.74, 6) is -1.58. The minimum atomic E-state index is -1.12. The molecular weight excluding hydrogens is 372 g/mol. The van der Waals surface area contributed by atoms with Gasteiger partial charge in [-0.25, -0.2) is 4.79 Å². The van der Waals surface area contributed by atoms with E-state index >= 15 is 0 Å². The number of halogens is 2. The van der Waals surface area contributed by atoms with Crippen molar-refractivity contribution in [3.63, 3.8) is 0 Å². The highest BCUT2D eigenvalue weighted by Gasteiger charge is 2.22. The number of hydrogen-bond acceptors (Lipinski definition) is 3. The van der Waals surface area contributed by atoms with Crippen molar-refractivity contribution < 1.29 is 14.7 Å². The van der Waals surface area contributed by atoms with Crippen LogP contribution in [0, 0.1) is 0 Å². The maximum absolute atomic E-state index is 12.1. The molecule has 0 unspecified atom stereocenters. The van der Waals surface area contributed by atoms with Crippen LogP contribution in [-0.2, 0) is 11.2 Å². The van der Waals surface area contributed by atoms with Gasteiger partial charge in [-0.1, -0.05) is 27.5 Å². The molecule has 7 heteroatoms. The Morgan fingerprint density at radius 1 is 1.27 bits per heavy atom. The average Bonchev–Trinajstić information content (AvgIpc) is 2.50.